The lowest BCUT2D eigenvalue weighted by molar-refractivity contribution is -0.144. The Balaban J connectivity index is 0.000000200. The summed E-state index contributed by atoms with van der Waals surface area (Å²) >= 11 is 5.46. The molecule has 5 heteroatoms. The van der Waals surface area contributed by atoms with Crippen molar-refractivity contribution in [2.45, 2.75) is 46.1 Å². The number of carbonyl (C=O) groups excluding carboxylic acids is 2. The van der Waals surface area contributed by atoms with Crippen molar-refractivity contribution in [3.63, 3.8) is 0 Å². The smallest absolute Gasteiger partial charge is 0.308 e. The van der Waals surface area contributed by atoms with Gasteiger partial charge in [-0.25, -0.2) is 0 Å². The molecule has 0 unspecified atom stereocenters. The number of Topliss-reactive ketones (excluding diaryl/α,β-unsaturated/α-hetero) is 1. The summed E-state index contributed by atoms with van der Waals surface area (Å²) < 4.78 is 9.89. The summed E-state index contributed by atoms with van der Waals surface area (Å²) in [7, 11) is 1.42. The van der Waals surface area contributed by atoms with Crippen LogP contribution in [-0.2, 0) is 38.3 Å². The van der Waals surface area contributed by atoms with Crippen LogP contribution in [-0.4, -0.2) is 37.5 Å². The minimum absolute atomic E-state index is 0.0277. The van der Waals surface area contributed by atoms with Crippen LogP contribution in [0.15, 0.2) is 91.0 Å². The number of rotatable bonds is 10. The van der Waals surface area contributed by atoms with Gasteiger partial charge in [-0.3, -0.25) is 9.59 Å². The first kappa shape index (κ1) is 31.3. The van der Waals surface area contributed by atoms with Crippen LogP contribution < -0.4 is 0 Å². The molecule has 0 amide bonds. The minimum atomic E-state index is -0.149. The lowest BCUT2D eigenvalue weighted by atomic mass is 9.98. The van der Waals surface area contributed by atoms with Crippen molar-refractivity contribution in [1.29, 1.82) is 0 Å². The molecule has 0 radical (unpaired) electrons. The third kappa shape index (κ3) is 12.5. The SMILES string of the molecule is COC(=O)[C@@H](C)Cc1ccccc1.C[C@@H](Cc1ccccc1)C(=O)CCl.C[C@@H](Cc1ccccc1)[C@H]1CO1. The van der Waals surface area contributed by atoms with Crippen LogP contribution in [0.2, 0.25) is 0 Å². The molecule has 3 aromatic carbocycles. The van der Waals surface area contributed by atoms with Gasteiger partial charge in [-0.05, 0) is 41.9 Å². The predicted molar refractivity (Wildman–Crippen MR) is 155 cm³/mol. The van der Waals surface area contributed by atoms with Crippen LogP contribution in [0.1, 0.15) is 37.5 Å². The van der Waals surface area contributed by atoms with Gasteiger partial charge in [0.05, 0.1) is 31.6 Å². The lowest BCUT2D eigenvalue weighted by Gasteiger charge is -2.08. The Morgan fingerprint density at radius 1 is 0.763 bits per heavy atom. The molecule has 1 saturated heterocycles. The van der Waals surface area contributed by atoms with Gasteiger partial charge in [-0.1, -0.05) is 112 Å². The Bertz CT molecular complexity index is 993. The largest absolute Gasteiger partial charge is 0.469 e. The molecule has 0 aliphatic carbocycles. The van der Waals surface area contributed by atoms with Crippen LogP contribution >= 0.6 is 11.6 Å². The van der Waals surface area contributed by atoms with Gasteiger partial charge in [0.15, 0.2) is 5.78 Å². The van der Waals surface area contributed by atoms with Gasteiger partial charge in [0.1, 0.15) is 0 Å². The zero-order valence-corrected chi connectivity index (χ0v) is 23.8. The van der Waals surface area contributed by atoms with E-state index in [-0.39, 0.29) is 29.5 Å². The molecule has 0 N–H and O–H groups in total. The second kappa shape index (κ2) is 17.5. The molecule has 0 bridgehead atoms. The van der Waals surface area contributed by atoms with E-state index in [1.807, 2.05) is 74.5 Å². The van der Waals surface area contributed by atoms with Crippen molar-refractivity contribution in [3.8, 4) is 0 Å². The molecular formula is C33H41ClO4. The highest BCUT2D eigenvalue weighted by Crippen LogP contribution is 2.23. The molecule has 3 aromatic rings. The fraction of sp³-hybridized carbons (Fsp3) is 0.394. The molecule has 204 valence electrons. The molecule has 1 heterocycles. The number of alkyl halides is 1. The number of hydrogen-bond acceptors (Lipinski definition) is 4. The Hall–Kier alpha value is -2.95. The molecule has 4 atom stereocenters. The molecule has 0 aromatic heterocycles. The van der Waals surface area contributed by atoms with E-state index in [0.29, 0.717) is 12.0 Å². The molecule has 4 rings (SSSR count). The zero-order valence-electron chi connectivity index (χ0n) is 23.0. The highest BCUT2D eigenvalue weighted by atomic mass is 35.5. The van der Waals surface area contributed by atoms with Crippen LogP contribution in [0.25, 0.3) is 0 Å². The lowest BCUT2D eigenvalue weighted by Crippen LogP contribution is -2.14. The monoisotopic (exact) mass is 536 g/mol. The number of carbonyl (C=O) groups is 2. The van der Waals surface area contributed by atoms with Crippen molar-refractivity contribution < 1.29 is 19.1 Å². The Labute approximate surface area is 233 Å². The van der Waals surface area contributed by atoms with Crippen LogP contribution in [0.3, 0.4) is 0 Å². The molecule has 1 aliphatic rings. The summed E-state index contributed by atoms with van der Waals surface area (Å²) in [6.45, 7) is 7.01. The predicted octanol–water partition coefficient (Wildman–Crippen LogP) is 6.98. The van der Waals surface area contributed by atoms with Crippen LogP contribution in [0, 0.1) is 17.8 Å². The van der Waals surface area contributed by atoms with Crippen molar-refractivity contribution in [2.75, 3.05) is 19.6 Å². The fourth-order valence-corrected chi connectivity index (χ4v) is 4.23. The normalized spacial score (nSPS) is 15.9. The van der Waals surface area contributed by atoms with E-state index in [1.165, 1.54) is 23.8 Å². The molecular weight excluding hydrogens is 496 g/mol. The number of halogens is 1. The van der Waals surface area contributed by atoms with Gasteiger partial charge in [0.2, 0.25) is 0 Å². The number of ketones is 1. The van der Waals surface area contributed by atoms with Gasteiger partial charge in [-0.2, -0.15) is 0 Å². The Kier molecular flexibility index (Phi) is 14.4. The minimum Gasteiger partial charge on any atom is -0.469 e. The van der Waals surface area contributed by atoms with Gasteiger partial charge >= 0.3 is 5.97 Å². The van der Waals surface area contributed by atoms with Crippen LogP contribution in [0.4, 0.5) is 0 Å². The van der Waals surface area contributed by atoms with Crippen molar-refractivity contribution in [2.24, 2.45) is 17.8 Å². The number of benzene rings is 3. The second-order valence-electron chi connectivity index (χ2n) is 9.84. The first-order valence-corrected chi connectivity index (χ1v) is 13.8. The average Bonchev–Trinajstić information content (AvgIpc) is 3.80. The third-order valence-corrected chi connectivity index (χ3v) is 6.71. The fourth-order valence-electron chi connectivity index (χ4n) is 3.97. The number of methoxy groups -OCH3 is 1. The zero-order chi connectivity index (χ0) is 27.8. The first-order valence-electron chi connectivity index (χ1n) is 13.2. The van der Waals surface area contributed by atoms with Gasteiger partial charge < -0.3 is 9.47 Å². The van der Waals surface area contributed by atoms with Crippen molar-refractivity contribution in [1.82, 2.24) is 0 Å². The molecule has 0 saturated carbocycles. The maximum absolute atomic E-state index is 11.2. The number of epoxide rings is 1. The maximum atomic E-state index is 11.2. The van der Waals surface area contributed by atoms with E-state index in [4.69, 9.17) is 16.3 Å². The number of ether oxygens (including phenoxy) is 2. The Morgan fingerprint density at radius 2 is 1.16 bits per heavy atom. The first-order chi connectivity index (χ1) is 18.3. The van der Waals surface area contributed by atoms with E-state index in [9.17, 15) is 9.59 Å². The van der Waals surface area contributed by atoms with Crippen molar-refractivity contribution in [3.05, 3.63) is 108 Å². The van der Waals surface area contributed by atoms with E-state index in [0.717, 1.165) is 25.9 Å². The summed E-state index contributed by atoms with van der Waals surface area (Å²) in [5.41, 5.74) is 3.77. The van der Waals surface area contributed by atoms with Crippen LogP contribution in [0.5, 0.6) is 0 Å². The number of esters is 1. The second-order valence-corrected chi connectivity index (χ2v) is 10.1. The molecule has 38 heavy (non-hydrogen) atoms. The highest BCUT2D eigenvalue weighted by molar-refractivity contribution is 6.27. The standard InChI is InChI=1S/C11H13ClO.C11H14O2.C11H14O/c1-9(11(13)8-12)7-10-5-3-2-4-6-10;1-9(11(12)13-2)8-10-6-4-3-5-7-10;1-9(11-8-12-11)7-10-5-3-2-4-6-10/h2-6,9H,7-8H2,1H3;3-7,9H,8H2,1-2H3;2-6,9,11H,7-8H2,1H3/t2*9-;9-,11+/m000/s1. The average molecular weight is 537 g/mol. The molecule has 1 fully saturated rings. The molecule has 0 spiro atoms. The summed E-state index contributed by atoms with van der Waals surface area (Å²) in [4.78, 5) is 22.3. The topological polar surface area (TPSA) is 55.9 Å². The summed E-state index contributed by atoms with van der Waals surface area (Å²) in [6, 6.07) is 30.5. The molecule has 1 aliphatic heterocycles. The van der Waals surface area contributed by atoms with Gasteiger partial charge in [-0.15, -0.1) is 11.6 Å². The third-order valence-electron chi connectivity index (χ3n) is 6.45. The quantitative estimate of drug-likeness (QED) is 0.159. The maximum Gasteiger partial charge on any atom is 0.308 e. The summed E-state index contributed by atoms with van der Waals surface area (Å²) in [5.74, 6) is 0.725. The van der Waals surface area contributed by atoms with Crippen molar-refractivity contribution >= 4 is 23.4 Å². The summed E-state index contributed by atoms with van der Waals surface area (Å²) in [6.07, 6.45) is 3.20. The van der Waals surface area contributed by atoms with E-state index < -0.39 is 0 Å². The van der Waals surface area contributed by atoms with Gasteiger partial charge in [0.25, 0.3) is 0 Å². The molecule has 4 nitrogen and oxygen atoms in total. The highest BCUT2D eigenvalue weighted by Gasteiger charge is 2.29. The van der Waals surface area contributed by atoms with E-state index in [1.54, 1.807) is 0 Å². The van der Waals surface area contributed by atoms with E-state index in [2.05, 4.69) is 42.0 Å². The Morgan fingerprint density at radius 3 is 1.53 bits per heavy atom. The summed E-state index contributed by atoms with van der Waals surface area (Å²) in [5, 5.41) is 0. The van der Waals surface area contributed by atoms with Gasteiger partial charge in [0, 0.05) is 5.92 Å². The van der Waals surface area contributed by atoms with E-state index >= 15 is 0 Å². The number of hydrogen-bond donors (Lipinski definition) is 0.